The molecule has 0 aliphatic carbocycles. The molecule has 15 heteroatoms. The lowest BCUT2D eigenvalue weighted by molar-refractivity contribution is -0.139. The zero-order valence-electron chi connectivity index (χ0n) is 31.2. The fourth-order valence-electron chi connectivity index (χ4n) is 7.07. The van der Waals surface area contributed by atoms with E-state index < -0.39 is 15.9 Å². The van der Waals surface area contributed by atoms with Gasteiger partial charge in [0, 0.05) is 38.6 Å². The van der Waals surface area contributed by atoms with Crippen LogP contribution in [0.25, 0.3) is 21.9 Å². The number of nitrogens with one attached hydrogen (secondary N) is 1. The molecule has 55 heavy (non-hydrogen) atoms. The van der Waals surface area contributed by atoms with Crippen LogP contribution in [0.15, 0.2) is 77.7 Å². The normalized spacial score (nSPS) is 14.9. The maximum atomic E-state index is 13.7. The standard InChI is InChI=1S/C33H42N6O4.C7H5NO3S/c1-42-19-14-28-36-31-32(26-12-4-5-13-27(26)35-33(31)34)39(28)18-9-17-38(29(40)23-37-15-6-3-7-16-37)22-25-11-8-10-24(20-25)21-30(41)43-2;9-7-5-3-1-2-4-6(5)12(10,11)8-7/h4-5,8,10-13,20H,3,6-7,9,14-19,21-23H2,1-2H3,(H2,34,35);1-4H,(H,8,9). The molecule has 0 radical (unpaired) electrons. The molecule has 290 valence electrons. The topological polar surface area (TPSA) is 179 Å². The number of hydrogen-bond acceptors (Lipinski definition) is 11. The Morgan fingerprint density at radius 3 is 2.45 bits per heavy atom. The number of ether oxygens (including phenoxy) is 2. The number of piperidine rings is 1. The Morgan fingerprint density at radius 1 is 0.945 bits per heavy atom. The number of rotatable bonds is 13. The number of carbonyl (C=O) groups excluding carboxylic acids is 3. The molecule has 3 aromatic carbocycles. The minimum Gasteiger partial charge on any atom is -0.469 e. The highest BCUT2D eigenvalue weighted by atomic mass is 32.2. The number of nitrogens with two attached hydrogens (primary N) is 1. The molecule has 4 heterocycles. The van der Waals surface area contributed by atoms with Crippen molar-refractivity contribution < 1.29 is 32.3 Å². The number of methoxy groups -OCH3 is 2. The first-order valence-corrected chi connectivity index (χ1v) is 19.9. The molecule has 1 fully saturated rings. The minimum atomic E-state index is -3.55. The van der Waals surface area contributed by atoms with Gasteiger partial charge in [-0.2, -0.15) is 0 Å². The number of nitrogens with zero attached hydrogens (tertiary/aromatic N) is 5. The third-order valence-electron chi connectivity index (χ3n) is 9.78. The second-order valence-electron chi connectivity index (χ2n) is 13.6. The highest BCUT2D eigenvalue weighted by Crippen LogP contribution is 2.29. The second kappa shape index (κ2) is 17.8. The minimum absolute atomic E-state index is 0.0648. The second-order valence-corrected chi connectivity index (χ2v) is 15.3. The van der Waals surface area contributed by atoms with Crippen LogP contribution in [0, 0.1) is 0 Å². The average Bonchev–Trinajstić information content (AvgIpc) is 3.67. The number of carbonyl (C=O) groups is 3. The lowest BCUT2D eigenvalue weighted by Crippen LogP contribution is -2.42. The van der Waals surface area contributed by atoms with E-state index in [1.54, 1.807) is 19.2 Å². The van der Waals surface area contributed by atoms with Gasteiger partial charge in [0.1, 0.15) is 16.2 Å². The summed E-state index contributed by atoms with van der Waals surface area (Å²) in [6.07, 6.45) is 5.06. The van der Waals surface area contributed by atoms with Crippen molar-refractivity contribution in [2.45, 2.75) is 56.5 Å². The van der Waals surface area contributed by atoms with E-state index >= 15 is 0 Å². The van der Waals surface area contributed by atoms with Gasteiger partial charge in [-0.05, 0) is 61.7 Å². The number of pyridine rings is 1. The first-order chi connectivity index (χ1) is 26.6. The maximum absolute atomic E-state index is 13.7. The molecule has 0 bridgehead atoms. The summed E-state index contributed by atoms with van der Waals surface area (Å²) >= 11 is 0. The molecule has 2 aromatic heterocycles. The number of amides is 2. The summed E-state index contributed by atoms with van der Waals surface area (Å²) in [5.74, 6) is 0.593. The summed E-state index contributed by atoms with van der Waals surface area (Å²) in [5.41, 5.74) is 11.0. The maximum Gasteiger partial charge on any atom is 0.309 e. The van der Waals surface area contributed by atoms with Crippen molar-refractivity contribution in [1.29, 1.82) is 0 Å². The number of fused-ring (bicyclic) bond motifs is 4. The molecule has 0 unspecified atom stereocenters. The summed E-state index contributed by atoms with van der Waals surface area (Å²) in [4.78, 5) is 50.3. The van der Waals surface area contributed by atoms with Gasteiger partial charge in [0.2, 0.25) is 5.91 Å². The van der Waals surface area contributed by atoms with Crippen LogP contribution in [0.3, 0.4) is 0 Å². The summed E-state index contributed by atoms with van der Waals surface area (Å²) in [6, 6.07) is 21.9. The van der Waals surface area contributed by atoms with Crippen LogP contribution in [0.4, 0.5) is 5.82 Å². The van der Waals surface area contributed by atoms with Crippen LogP contribution in [-0.4, -0.2) is 97.5 Å². The van der Waals surface area contributed by atoms with Crippen LogP contribution in [0.2, 0.25) is 0 Å². The van der Waals surface area contributed by atoms with Gasteiger partial charge in [-0.15, -0.1) is 0 Å². The number of benzene rings is 3. The van der Waals surface area contributed by atoms with E-state index in [4.69, 9.17) is 20.2 Å². The summed E-state index contributed by atoms with van der Waals surface area (Å²) < 4.78 is 36.6. The Balaban J connectivity index is 0.000000362. The molecule has 2 amide bonds. The van der Waals surface area contributed by atoms with Crippen LogP contribution in [-0.2, 0) is 55.0 Å². The third-order valence-corrected chi connectivity index (χ3v) is 11.2. The quantitative estimate of drug-likeness (QED) is 0.165. The Kier molecular flexibility index (Phi) is 12.8. The zero-order chi connectivity index (χ0) is 39.0. The molecule has 3 N–H and O–H groups in total. The van der Waals surface area contributed by atoms with Crippen LogP contribution in [0.5, 0.6) is 0 Å². The molecule has 2 aliphatic rings. The molecule has 7 rings (SSSR count). The van der Waals surface area contributed by atoms with Crippen molar-refractivity contribution in [2.75, 3.05) is 52.7 Å². The highest BCUT2D eigenvalue weighted by Gasteiger charge is 2.31. The number of anilines is 1. The molecule has 0 spiro atoms. The lowest BCUT2D eigenvalue weighted by Gasteiger charge is -2.30. The van der Waals surface area contributed by atoms with Crippen molar-refractivity contribution >= 4 is 55.6 Å². The van der Waals surface area contributed by atoms with Crippen molar-refractivity contribution in [1.82, 2.24) is 29.1 Å². The van der Waals surface area contributed by atoms with Gasteiger partial charge in [-0.25, -0.2) is 23.1 Å². The van der Waals surface area contributed by atoms with E-state index in [1.807, 2.05) is 52.1 Å². The van der Waals surface area contributed by atoms with E-state index in [-0.39, 0.29) is 28.8 Å². The third kappa shape index (κ3) is 9.47. The number of aryl methyl sites for hydroxylation is 1. The fourth-order valence-corrected chi connectivity index (χ4v) is 8.24. The van der Waals surface area contributed by atoms with Crippen molar-refractivity contribution in [3.8, 4) is 0 Å². The largest absolute Gasteiger partial charge is 0.469 e. The van der Waals surface area contributed by atoms with Gasteiger partial charge in [0.15, 0.2) is 5.82 Å². The molecule has 0 saturated carbocycles. The fraction of sp³-hybridized carbons (Fsp3) is 0.375. The van der Waals surface area contributed by atoms with Gasteiger partial charge in [0.25, 0.3) is 15.9 Å². The van der Waals surface area contributed by atoms with E-state index in [0.29, 0.717) is 50.5 Å². The van der Waals surface area contributed by atoms with Gasteiger partial charge in [-0.1, -0.05) is 61.0 Å². The summed E-state index contributed by atoms with van der Waals surface area (Å²) in [5, 5.41) is 1.00. The molecule has 2 aliphatic heterocycles. The Bertz CT molecular complexity index is 2290. The average molecular weight is 770 g/mol. The van der Waals surface area contributed by atoms with E-state index in [0.717, 1.165) is 65.7 Å². The molecular weight excluding hydrogens is 723 g/mol. The molecule has 0 atom stereocenters. The SMILES string of the molecule is COCCc1nc2c(N)nc3ccccc3c2n1CCCN(Cc1cccc(CC(=O)OC)c1)C(=O)CN1CCCCC1.O=C1NS(=O)(=O)c2ccccc21. The number of hydrogen-bond donors (Lipinski definition) is 2. The first-order valence-electron chi connectivity index (χ1n) is 18.4. The van der Waals surface area contributed by atoms with Gasteiger partial charge in [-0.3, -0.25) is 19.3 Å². The first kappa shape index (κ1) is 39.3. The van der Waals surface area contributed by atoms with Crippen LogP contribution < -0.4 is 10.5 Å². The number of imidazole rings is 1. The van der Waals surface area contributed by atoms with E-state index in [9.17, 15) is 22.8 Å². The summed E-state index contributed by atoms with van der Waals surface area (Å²) in [7, 11) is -0.476. The van der Waals surface area contributed by atoms with Crippen LogP contribution >= 0.6 is 0 Å². The number of esters is 1. The smallest absolute Gasteiger partial charge is 0.309 e. The molecular formula is C40H47N7O7S. The zero-order valence-corrected chi connectivity index (χ0v) is 32.0. The predicted octanol–water partition coefficient (Wildman–Crippen LogP) is 4.09. The predicted molar refractivity (Wildman–Crippen MR) is 209 cm³/mol. The molecule has 1 saturated heterocycles. The summed E-state index contributed by atoms with van der Waals surface area (Å²) in [6.45, 7) is 4.59. The Labute approximate surface area is 320 Å². The van der Waals surface area contributed by atoms with Gasteiger partial charge >= 0.3 is 5.97 Å². The van der Waals surface area contributed by atoms with Gasteiger partial charge < -0.3 is 24.7 Å². The number of aromatic nitrogens is 3. The Hall–Kier alpha value is -5.38. The van der Waals surface area contributed by atoms with E-state index in [2.05, 4.69) is 20.5 Å². The lowest BCUT2D eigenvalue weighted by atomic mass is 10.1. The number of sulfonamides is 1. The number of nitrogen functional groups attached to an aromatic ring is 1. The number of para-hydroxylation sites is 1. The highest BCUT2D eigenvalue weighted by molar-refractivity contribution is 7.90. The van der Waals surface area contributed by atoms with Crippen molar-refractivity contribution in [3.05, 3.63) is 95.3 Å². The molecule has 14 nitrogen and oxygen atoms in total. The molecule has 5 aromatic rings. The van der Waals surface area contributed by atoms with Crippen molar-refractivity contribution in [3.63, 3.8) is 0 Å². The van der Waals surface area contributed by atoms with Crippen LogP contribution in [0.1, 0.15) is 53.0 Å². The van der Waals surface area contributed by atoms with E-state index in [1.165, 1.54) is 25.7 Å². The van der Waals surface area contributed by atoms with Crippen molar-refractivity contribution in [2.24, 2.45) is 0 Å². The Morgan fingerprint density at radius 2 is 1.69 bits per heavy atom. The van der Waals surface area contributed by atoms with Gasteiger partial charge in [0.05, 0.1) is 43.3 Å². The monoisotopic (exact) mass is 769 g/mol. The number of likely N-dealkylation sites (tertiary alicyclic amines) is 1.